The van der Waals surface area contributed by atoms with E-state index in [9.17, 15) is 9.59 Å². The van der Waals surface area contributed by atoms with E-state index in [1.165, 1.54) is 14.2 Å². The van der Waals surface area contributed by atoms with Crippen molar-refractivity contribution in [3.05, 3.63) is 35.9 Å². The summed E-state index contributed by atoms with van der Waals surface area (Å²) >= 11 is 0. The summed E-state index contributed by atoms with van der Waals surface area (Å²) in [6.07, 6.45) is 0.0476. The lowest BCUT2D eigenvalue weighted by Gasteiger charge is -2.20. The van der Waals surface area contributed by atoms with Gasteiger partial charge in [-0.1, -0.05) is 30.3 Å². The maximum atomic E-state index is 11.9. The Morgan fingerprint density at radius 1 is 1.24 bits per heavy atom. The zero-order valence-corrected chi connectivity index (χ0v) is 12.9. The van der Waals surface area contributed by atoms with Gasteiger partial charge in [-0.2, -0.15) is 0 Å². The molecule has 0 heterocycles. The lowest BCUT2D eigenvalue weighted by molar-refractivity contribution is -0.141. The van der Waals surface area contributed by atoms with Crippen LogP contribution in [0.3, 0.4) is 0 Å². The average Bonchev–Trinajstić information content (AvgIpc) is 2.47. The maximum absolute atomic E-state index is 11.9. The summed E-state index contributed by atoms with van der Waals surface area (Å²) in [5.74, 6) is -0.774. The first-order valence-corrected chi connectivity index (χ1v) is 6.25. The second-order valence-electron chi connectivity index (χ2n) is 4.31. The SMILES string of the molecule is COCC(N)C(=O)NC(CC(=O)OC)c1ccccc1.Cl. The predicted octanol–water partition coefficient (Wildman–Crippen LogP) is 0.803. The van der Waals surface area contributed by atoms with Crippen LogP contribution >= 0.6 is 12.4 Å². The highest BCUT2D eigenvalue weighted by molar-refractivity contribution is 5.85. The van der Waals surface area contributed by atoms with Crippen LogP contribution in [0.2, 0.25) is 0 Å². The molecular formula is C14H21ClN2O4. The van der Waals surface area contributed by atoms with Crippen molar-refractivity contribution >= 4 is 24.3 Å². The molecule has 21 heavy (non-hydrogen) atoms. The Balaban J connectivity index is 0.00000400. The van der Waals surface area contributed by atoms with E-state index < -0.39 is 18.1 Å². The quantitative estimate of drug-likeness (QED) is 0.726. The van der Waals surface area contributed by atoms with Crippen molar-refractivity contribution in [3.8, 4) is 0 Å². The molecule has 0 saturated carbocycles. The monoisotopic (exact) mass is 316 g/mol. The molecule has 0 bridgehead atoms. The van der Waals surface area contributed by atoms with E-state index in [1.807, 2.05) is 30.3 Å². The van der Waals surface area contributed by atoms with E-state index >= 15 is 0 Å². The Kier molecular flexibility index (Phi) is 9.36. The lowest BCUT2D eigenvalue weighted by Crippen LogP contribution is -2.45. The Morgan fingerprint density at radius 3 is 2.38 bits per heavy atom. The fourth-order valence-corrected chi connectivity index (χ4v) is 1.72. The second kappa shape index (κ2) is 10.1. The van der Waals surface area contributed by atoms with Crippen LogP contribution < -0.4 is 11.1 Å². The van der Waals surface area contributed by atoms with Crippen LogP contribution in [0, 0.1) is 0 Å². The van der Waals surface area contributed by atoms with E-state index in [2.05, 4.69) is 10.1 Å². The number of carbonyl (C=O) groups excluding carboxylic acids is 2. The Bertz CT molecular complexity index is 442. The normalized spacial score (nSPS) is 12.7. The van der Waals surface area contributed by atoms with Crippen molar-refractivity contribution in [3.63, 3.8) is 0 Å². The van der Waals surface area contributed by atoms with Crippen molar-refractivity contribution in [2.24, 2.45) is 5.73 Å². The first-order valence-electron chi connectivity index (χ1n) is 6.25. The summed E-state index contributed by atoms with van der Waals surface area (Å²) in [4.78, 5) is 23.4. The van der Waals surface area contributed by atoms with Gasteiger partial charge in [-0.3, -0.25) is 9.59 Å². The zero-order valence-electron chi connectivity index (χ0n) is 12.1. The molecule has 0 saturated heterocycles. The molecular weight excluding hydrogens is 296 g/mol. The minimum absolute atomic E-state index is 0. The smallest absolute Gasteiger partial charge is 0.307 e. The molecule has 1 aromatic carbocycles. The van der Waals surface area contributed by atoms with Crippen molar-refractivity contribution in [1.82, 2.24) is 5.32 Å². The van der Waals surface area contributed by atoms with E-state index in [0.29, 0.717) is 0 Å². The first kappa shape index (κ1) is 19.4. The summed E-state index contributed by atoms with van der Waals surface area (Å²) in [5, 5.41) is 2.74. The van der Waals surface area contributed by atoms with Crippen LogP contribution in [0.1, 0.15) is 18.0 Å². The number of nitrogens with two attached hydrogens (primary N) is 1. The second-order valence-corrected chi connectivity index (χ2v) is 4.31. The minimum Gasteiger partial charge on any atom is -0.469 e. The number of benzene rings is 1. The minimum atomic E-state index is -0.774. The van der Waals surface area contributed by atoms with Gasteiger partial charge in [0.05, 0.1) is 26.2 Å². The molecule has 6 nitrogen and oxygen atoms in total. The predicted molar refractivity (Wildman–Crippen MR) is 81.1 cm³/mol. The number of halogens is 1. The summed E-state index contributed by atoms with van der Waals surface area (Å²) in [7, 11) is 2.78. The molecule has 0 aliphatic heterocycles. The van der Waals surface area contributed by atoms with Gasteiger partial charge in [-0.25, -0.2) is 0 Å². The van der Waals surface area contributed by atoms with E-state index in [-0.39, 0.29) is 31.3 Å². The fourth-order valence-electron chi connectivity index (χ4n) is 1.72. The third-order valence-corrected chi connectivity index (χ3v) is 2.80. The molecule has 0 aliphatic rings. The maximum Gasteiger partial charge on any atom is 0.307 e. The molecule has 1 rings (SSSR count). The van der Waals surface area contributed by atoms with Gasteiger partial charge >= 0.3 is 5.97 Å². The molecule has 1 amide bonds. The van der Waals surface area contributed by atoms with Gasteiger partial charge in [0.25, 0.3) is 0 Å². The number of amides is 1. The number of carbonyl (C=O) groups is 2. The Morgan fingerprint density at radius 2 is 1.86 bits per heavy atom. The third-order valence-electron chi connectivity index (χ3n) is 2.80. The molecule has 3 N–H and O–H groups in total. The molecule has 0 fully saturated rings. The first-order chi connectivity index (χ1) is 9.58. The topological polar surface area (TPSA) is 90.6 Å². The van der Waals surface area contributed by atoms with Crippen LogP contribution in [0.25, 0.3) is 0 Å². The van der Waals surface area contributed by atoms with Gasteiger partial charge < -0.3 is 20.5 Å². The lowest BCUT2D eigenvalue weighted by atomic mass is 10.0. The standard InChI is InChI=1S/C14H20N2O4.ClH/c1-19-9-11(15)14(18)16-12(8-13(17)20-2)10-6-4-3-5-7-10;/h3-7,11-12H,8-9,15H2,1-2H3,(H,16,18);1H. The number of esters is 1. The summed E-state index contributed by atoms with van der Waals surface area (Å²) in [6.45, 7) is 0.117. The number of hydrogen-bond acceptors (Lipinski definition) is 5. The van der Waals surface area contributed by atoms with Crippen molar-refractivity contribution in [2.75, 3.05) is 20.8 Å². The van der Waals surface area contributed by atoms with Crippen molar-refractivity contribution in [1.29, 1.82) is 0 Å². The van der Waals surface area contributed by atoms with Gasteiger partial charge in [0.2, 0.25) is 5.91 Å². The van der Waals surface area contributed by atoms with E-state index in [0.717, 1.165) is 5.56 Å². The van der Waals surface area contributed by atoms with Crippen LogP contribution in [-0.2, 0) is 19.1 Å². The van der Waals surface area contributed by atoms with E-state index in [4.69, 9.17) is 10.5 Å². The molecule has 0 aromatic heterocycles. The van der Waals surface area contributed by atoms with Crippen molar-refractivity contribution in [2.45, 2.75) is 18.5 Å². The number of ether oxygens (including phenoxy) is 2. The number of rotatable bonds is 7. The molecule has 0 radical (unpaired) electrons. The molecule has 2 unspecified atom stereocenters. The van der Waals surface area contributed by atoms with Crippen LogP contribution in [0.4, 0.5) is 0 Å². The van der Waals surface area contributed by atoms with Gasteiger partial charge in [-0.15, -0.1) is 12.4 Å². The van der Waals surface area contributed by atoms with E-state index in [1.54, 1.807) is 0 Å². The average molecular weight is 317 g/mol. The van der Waals surface area contributed by atoms with Crippen LogP contribution in [0.5, 0.6) is 0 Å². The molecule has 118 valence electrons. The van der Waals surface area contributed by atoms with Gasteiger partial charge in [0.15, 0.2) is 0 Å². The van der Waals surface area contributed by atoms with Gasteiger partial charge in [-0.05, 0) is 5.56 Å². The fraction of sp³-hybridized carbons (Fsp3) is 0.429. The van der Waals surface area contributed by atoms with Crippen LogP contribution in [-0.4, -0.2) is 38.7 Å². The number of nitrogens with one attached hydrogen (secondary N) is 1. The summed E-state index contributed by atoms with van der Waals surface area (Å²) < 4.78 is 9.48. The van der Waals surface area contributed by atoms with Crippen LogP contribution in [0.15, 0.2) is 30.3 Å². The molecule has 7 heteroatoms. The van der Waals surface area contributed by atoms with Gasteiger partial charge in [0, 0.05) is 7.11 Å². The molecule has 2 atom stereocenters. The molecule has 0 spiro atoms. The van der Waals surface area contributed by atoms with Gasteiger partial charge in [0.1, 0.15) is 6.04 Å². The number of methoxy groups -OCH3 is 2. The van der Waals surface area contributed by atoms with Crippen molar-refractivity contribution < 1.29 is 19.1 Å². The zero-order chi connectivity index (χ0) is 15.0. The molecule has 1 aromatic rings. The third kappa shape index (κ3) is 6.57. The Hall–Kier alpha value is -1.63. The highest BCUT2D eigenvalue weighted by atomic mass is 35.5. The molecule has 0 aliphatic carbocycles. The number of hydrogen-bond donors (Lipinski definition) is 2. The highest BCUT2D eigenvalue weighted by Crippen LogP contribution is 2.17. The Labute approximate surface area is 130 Å². The summed E-state index contributed by atoms with van der Waals surface area (Å²) in [6, 6.07) is 7.94. The highest BCUT2D eigenvalue weighted by Gasteiger charge is 2.21. The summed E-state index contributed by atoms with van der Waals surface area (Å²) in [5.41, 5.74) is 6.48. The largest absolute Gasteiger partial charge is 0.469 e.